The number of nitrogens with two attached hydrogens (primary N) is 1. The van der Waals surface area contributed by atoms with E-state index in [9.17, 15) is 5.11 Å². The highest BCUT2D eigenvalue weighted by Crippen LogP contribution is 2.30. The number of nitrogen functional groups attached to an aromatic ring is 1. The highest BCUT2D eigenvalue weighted by molar-refractivity contribution is 9.10. The third-order valence-corrected chi connectivity index (χ3v) is 4.10. The van der Waals surface area contributed by atoms with Crippen molar-refractivity contribution in [2.45, 2.75) is 32.4 Å². The van der Waals surface area contributed by atoms with E-state index in [1.165, 1.54) is 0 Å². The van der Waals surface area contributed by atoms with Gasteiger partial charge in [-0.3, -0.25) is 4.98 Å². The number of imidazole rings is 1. The van der Waals surface area contributed by atoms with Crippen LogP contribution in [0.4, 0.5) is 5.82 Å². The van der Waals surface area contributed by atoms with E-state index in [1.807, 2.05) is 10.6 Å². The second kappa shape index (κ2) is 6.27. The van der Waals surface area contributed by atoms with E-state index in [2.05, 4.69) is 30.9 Å². The highest BCUT2D eigenvalue weighted by Gasteiger charge is 2.22. The second-order valence-electron chi connectivity index (χ2n) is 6.38. The van der Waals surface area contributed by atoms with Gasteiger partial charge in [0.2, 0.25) is 0 Å². The molecule has 0 aliphatic heterocycles. The van der Waals surface area contributed by atoms with Crippen molar-refractivity contribution in [3.05, 3.63) is 22.6 Å². The molecule has 0 amide bonds. The third kappa shape index (κ3) is 3.22. The number of rotatable bonds is 5. The Hall–Kier alpha value is -1.77. The van der Waals surface area contributed by atoms with Crippen molar-refractivity contribution < 1.29 is 9.84 Å². The molecule has 0 radical (unpaired) electrons. The molecule has 3 heterocycles. The van der Waals surface area contributed by atoms with Crippen molar-refractivity contribution in [1.82, 2.24) is 19.5 Å². The molecule has 8 heteroatoms. The van der Waals surface area contributed by atoms with Crippen LogP contribution in [-0.2, 0) is 17.7 Å². The predicted octanol–water partition coefficient (Wildman–Crippen LogP) is 2.28. The highest BCUT2D eigenvalue weighted by atomic mass is 79.9. The average Bonchev–Trinajstić information content (AvgIpc) is 2.82. The first kappa shape index (κ1) is 17.1. The van der Waals surface area contributed by atoms with E-state index in [4.69, 9.17) is 10.5 Å². The summed E-state index contributed by atoms with van der Waals surface area (Å²) < 4.78 is 7.97. The molecule has 0 bridgehead atoms. The van der Waals surface area contributed by atoms with E-state index in [1.54, 1.807) is 27.2 Å². The molecule has 0 aliphatic rings. The number of aliphatic hydroxyl groups is 1. The average molecular weight is 394 g/mol. The van der Waals surface area contributed by atoms with Gasteiger partial charge in [-0.25, -0.2) is 9.97 Å². The molecule has 24 heavy (non-hydrogen) atoms. The lowest BCUT2D eigenvalue weighted by Gasteiger charge is -2.20. The Morgan fingerprint density at radius 3 is 2.75 bits per heavy atom. The summed E-state index contributed by atoms with van der Waals surface area (Å²) in [5.41, 5.74) is 8.01. The molecule has 128 valence electrons. The monoisotopic (exact) mass is 393 g/mol. The van der Waals surface area contributed by atoms with Gasteiger partial charge in [-0.15, -0.1) is 0 Å². The van der Waals surface area contributed by atoms with Crippen LogP contribution in [0.3, 0.4) is 0 Å². The molecule has 3 rings (SSSR count). The minimum atomic E-state index is -0.908. The zero-order valence-corrected chi connectivity index (χ0v) is 15.5. The number of hydrogen-bond acceptors (Lipinski definition) is 6. The van der Waals surface area contributed by atoms with Gasteiger partial charge in [0.25, 0.3) is 0 Å². The van der Waals surface area contributed by atoms with Crippen molar-refractivity contribution in [2.75, 3.05) is 19.5 Å². The SMILES string of the molecule is COCCc1nc2c(N)nc3cc(Br)cnc3c2n1CC(C)(C)O. The summed E-state index contributed by atoms with van der Waals surface area (Å²) >= 11 is 3.41. The number of fused-ring (bicyclic) bond motifs is 3. The molecule has 0 aliphatic carbocycles. The fourth-order valence-corrected chi connectivity index (χ4v) is 3.06. The minimum absolute atomic E-state index is 0.352. The predicted molar refractivity (Wildman–Crippen MR) is 96.8 cm³/mol. The van der Waals surface area contributed by atoms with Gasteiger partial charge in [-0.2, -0.15) is 0 Å². The second-order valence-corrected chi connectivity index (χ2v) is 7.30. The number of halogens is 1. The minimum Gasteiger partial charge on any atom is -0.389 e. The Morgan fingerprint density at radius 1 is 1.33 bits per heavy atom. The zero-order chi connectivity index (χ0) is 17.5. The first-order chi connectivity index (χ1) is 11.3. The molecule has 3 N–H and O–H groups in total. The first-order valence-corrected chi connectivity index (χ1v) is 8.40. The summed E-state index contributed by atoms with van der Waals surface area (Å²) in [6.45, 7) is 4.42. The molecule has 7 nitrogen and oxygen atoms in total. The number of methoxy groups -OCH3 is 1. The largest absolute Gasteiger partial charge is 0.389 e. The van der Waals surface area contributed by atoms with Gasteiger partial charge in [0.05, 0.1) is 24.3 Å². The van der Waals surface area contributed by atoms with Crippen LogP contribution in [0.5, 0.6) is 0 Å². The van der Waals surface area contributed by atoms with Crippen LogP contribution in [0.1, 0.15) is 19.7 Å². The zero-order valence-electron chi connectivity index (χ0n) is 13.9. The van der Waals surface area contributed by atoms with Gasteiger partial charge >= 0.3 is 0 Å². The lowest BCUT2D eigenvalue weighted by atomic mass is 10.1. The molecule has 0 unspecified atom stereocenters. The summed E-state index contributed by atoms with van der Waals surface area (Å²) in [6, 6.07) is 1.87. The number of nitrogens with zero attached hydrogens (tertiary/aromatic N) is 4. The molecule has 0 atom stereocenters. The Bertz CT molecular complexity index is 901. The van der Waals surface area contributed by atoms with Gasteiger partial charge in [0.15, 0.2) is 5.82 Å². The Balaban J connectivity index is 2.34. The third-order valence-electron chi connectivity index (χ3n) is 3.66. The van der Waals surface area contributed by atoms with Crippen LogP contribution in [0, 0.1) is 0 Å². The van der Waals surface area contributed by atoms with Crippen molar-refractivity contribution in [1.29, 1.82) is 0 Å². The first-order valence-electron chi connectivity index (χ1n) is 7.61. The van der Waals surface area contributed by atoms with E-state index in [0.29, 0.717) is 41.9 Å². The number of anilines is 1. The van der Waals surface area contributed by atoms with Crippen LogP contribution in [0.2, 0.25) is 0 Å². The Kier molecular flexibility index (Phi) is 4.46. The van der Waals surface area contributed by atoms with Crippen LogP contribution in [0.25, 0.3) is 22.1 Å². The van der Waals surface area contributed by atoms with Crippen molar-refractivity contribution in [2.24, 2.45) is 0 Å². The maximum atomic E-state index is 10.3. The van der Waals surface area contributed by atoms with E-state index < -0.39 is 5.60 Å². The topological polar surface area (TPSA) is 99.1 Å². The van der Waals surface area contributed by atoms with Gasteiger partial charge in [-0.05, 0) is 35.8 Å². The fraction of sp³-hybridized carbons (Fsp3) is 0.438. The van der Waals surface area contributed by atoms with Gasteiger partial charge < -0.3 is 20.1 Å². The van der Waals surface area contributed by atoms with Crippen LogP contribution in [0.15, 0.2) is 16.7 Å². The Labute approximate surface area is 148 Å². The van der Waals surface area contributed by atoms with Crippen LogP contribution in [-0.4, -0.2) is 43.9 Å². The Morgan fingerprint density at radius 2 is 2.08 bits per heavy atom. The van der Waals surface area contributed by atoms with E-state index in [0.717, 1.165) is 15.8 Å². The number of hydrogen-bond donors (Lipinski definition) is 2. The van der Waals surface area contributed by atoms with Gasteiger partial charge in [-0.1, -0.05) is 0 Å². The number of ether oxygens (including phenoxy) is 1. The van der Waals surface area contributed by atoms with Crippen LogP contribution >= 0.6 is 15.9 Å². The molecule has 3 aromatic heterocycles. The smallest absolute Gasteiger partial charge is 0.152 e. The molecule has 0 fully saturated rings. The van der Waals surface area contributed by atoms with Crippen molar-refractivity contribution in [3.8, 4) is 0 Å². The normalized spacial score (nSPS) is 12.4. The molecule has 0 saturated carbocycles. The molecule has 0 spiro atoms. The lowest BCUT2D eigenvalue weighted by Crippen LogP contribution is -2.27. The quantitative estimate of drug-likeness (QED) is 0.689. The molecule has 0 saturated heterocycles. The van der Waals surface area contributed by atoms with Crippen molar-refractivity contribution in [3.63, 3.8) is 0 Å². The standard InChI is InChI=1S/C16H20BrN5O2/c1-16(2,23)8-22-11(4-5-24-3)21-13-14(22)12-10(20-15(13)18)6-9(17)7-19-12/h6-7,23H,4-5,8H2,1-3H3,(H2,18,20). The molecule has 0 aromatic carbocycles. The van der Waals surface area contributed by atoms with Crippen molar-refractivity contribution >= 4 is 43.8 Å². The maximum Gasteiger partial charge on any atom is 0.152 e. The lowest BCUT2D eigenvalue weighted by molar-refractivity contribution is 0.0615. The summed E-state index contributed by atoms with van der Waals surface area (Å²) in [5.74, 6) is 1.14. The van der Waals surface area contributed by atoms with Gasteiger partial charge in [0.1, 0.15) is 22.4 Å². The molecular formula is C16H20BrN5O2. The summed E-state index contributed by atoms with van der Waals surface area (Å²) in [5, 5.41) is 10.3. The van der Waals surface area contributed by atoms with E-state index in [-0.39, 0.29) is 0 Å². The summed E-state index contributed by atoms with van der Waals surface area (Å²) in [4.78, 5) is 13.5. The fourth-order valence-electron chi connectivity index (χ4n) is 2.74. The van der Waals surface area contributed by atoms with Gasteiger partial charge in [0, 0.05) is 24.2 Å². The number of pyridine rings is 2. The molecular weight excluding hydrogens is 374 g/mol. The number of aromatic nitrogens is 4. The maximum absolute atomic E-state index is 10.3. The summed E-state index contributed by atoms with van der Waals surface area (Å²) in [7, 11) is 1.65. The molecule has 3 aromatic rings. The van der Waals surface area contributed by atoms with Crippen LogP contribution < -0.4 is 5.73 Å². The summed E-state index contributed by atoms with van der Waals surface area (Å²) in [6.07, 6.45) is 2.33. The van der Waals surface area contributed by atoms with E-state index >= 15 is 0 Å².